The third-order valence-electron chi connectivity index (χ3n) is 3.04. The first-order chi connectivity index (χ1) is 9.24. The van der Waals surface area contributed by atoms with Crippen LogP contribution < -0.4 is 5.32 Å². The lowest BCUT2D eigenvalue weighted by atomic mass is 10.1. The Labute approximate surface area is 120 Å². The summed E-state index contributed by atoms with van der Waals surface area (Å²) in [6.45, 7) is 0.279. The van der Waals surface area contributed by atoms with Crippen molar-refractivity contribution in [3.05, 3.63) is 47.7 Å². The van der Waals surface area contributed by atoms with Gasteiger partial charge in [-0.15, -0.1) is 23.4 Å². The number of benzene rings is 1. The minimum absolute atomic E-state index is 0.0420. The summed E-state index contributed by atoms with van der Waals surface area (Å²) in [5, 5.41) is 3.16. The highest BCUT2D eigenvalue weighted by molar-refractivity contribution is 7.99. The van der Waals surface area contributed by atoms with Crippen LogP contribution in [0.5, 0.6) is 0 Å². The molecular weight excluding hydrogens is 280 g/mol. The smallest absolute Gasteiger partial charge is 0.181 e. The molecule has 2 heterocycles. The zero-order valence-electron chi connectivity index (χ0n) is 10.2. The molecule has 0 spiro atoms. The van der Waals surface area contributed by atoms with E-state index < -0.39 is 0 Å². The van der Waals surface area contributed by atoms with Crippen LogP contribution in [-0.4, -0.2) is 23.1 Å². The largest absolute Gasteiger partial charge is 0.364 e. The summed E-state index contributed by atoms with van der Waals surface area (Å²) in [6, 6.07) is 11.3. The lowest BCUT2D eigenvalue weighted by Gasteiger charge is -2.04. The average Bonchev–Trinajstić information content (AvgIpc) is 2.99. The van der Waals surface area contributed by atoms with Crippen molar-refractivity contribution in [2.75, 3.05) is 17.6 Å². The molecular formula is C14H13ClN2OS. The van der Waals surface area contributed by atoms with E-state index in [1.807, 2.05) is 36.4 Å². The third-order valence-corrected chi connectivity index (χ3v) is 4.75. The van der Waals surface area contributed by atoms with Gasteiger partial charge in [-0.3, -0.25) is 4.79 Å². The number of Topliss-reactive ketones (excluding diaryl/α,β-unsaturated/α-hetero) is 1. The molecule has 3 rings (SSSR count). The number of alkyl halides is 1. The number of carbonyl (C=O) groups is 1. The van der Waals surface area contributed by atoms with Crippen LogP contribution in [-0.2, 0) is 0 Å². The molecule has 0 saturated heterocycles. The molecule has 98 valence electrons. The Morgan fingerprint density at radius 1 is 1.42 bits per heavy atom. The molecule has 1 atom stereocenters. The molecule has 1 aromatic carbocycles. The van der Waals surface area contributed by atoms with Gasteiger partial charge in [-0.1, -0.05) is 30.3 Å². The Bertz CT molecular complexity index is 597. The Hall–Kier alpha value is -1.39. The minimum atomic E-state index is 0.0420. The number of nitrogens with one attached hydrogen (secondary N) is 2. The molecule has 19 heavy (non-hydrogen) atoms. The molecule has 1 aromatic heterocycles. The van der Waals surface area contributed by atoms with Crippen molar-refractivity contribution in [3.63, 3.8) is 0 Å². The summed E-state index contributed by atoms with van der Waals surface area (Å²) in [5.74, 6) is 1.84. The predicted octanol–water partition coefficient (Wildman–Crippen LogP) is 3.70. The lowest BCUT2D eigenvalue weighted by molar-refractivity contribution is 0.101. The number of carbonyl (C=O) groups excluding carboxylic acids is 1. The second kappa shape index (κ2) is 5.31. The number of hydrogen-bond acceptors (Lipinski definition) is 3. The van der Waals surface area contributed by atoms with Gasteiger partial charge in [-0.2, -0.15) is 0 Å². The van der Waals surface area contributed by atoms with Crippen molar-refractivity contribution >= 4 is 35.0 Å². The van der Waals surface area contributed by atoms with E-state index in [1.165, 1.54) is 4.90 Å². The summed E-state index contributed by atoms with van der Waals surface area (Å²) >= 11 is 7.91. The van der Waals surface area contributed by atoms with Crippen LogP contribution in [0.4, 0.5) is 5.82 Å². The highest BCUT2D eigenvalue weighted by atomic mass is 35.5. The fraction of sp³-hybridized carbons (Fsp3) is 0.214. The molecule has 1 aliphatic rings. The predicted molar refractivity (Wildman–Crippen MR) is 79.4 cm³/mol. The van der Waals surface area contributed by atoms with Crippen molar-refractivity contribution < 1.29 is 4.79 Å². The molecule has 2 aromatic rings. The van der Waals surface area contributed by atoms with Gasteiger partial charge in [0.25, 0.3) is 0 Å². The first-order valence-corrected chi connectivity index (χ1v) is 7.48. The zero-order valence-corrected chi connectivity index (χ0v) is 11.7. The highest BCUT2D eigenvalue weighted by Gasteiger charge is 2.23. The number of aromatic nitrogens is 1. The Morgan fingerprint density at radius 3 is 2.95 bits per heavy atom. The zero-order chi connectivity index (χ0) is 13.2. The second-order valence-corrected chi connectivity index (χ2v) is 5.97. The van der Waals surface area contributed by atoms with Gasteiger partial charge < -0.3 is 10.3 Å². The van der Waals surface area contributed by atoms with E-state index in [0.29, 0.717) is 0 Å². The first kappa shape index (κ1) is 12.6. The number of anilines is 1. The minimum Gasteiger partial charge on any atom is -0.364 e. The van der Waals surface area contributed by atoms with Gasteiger partial charge in [0.05, 0.1) is 11.9 Å². The van der Waals surface area contributed by atoms with Gasteiger partial charge in [0, 0.05) is 21.9 Å². The molecule has 1 unspecified atom stereocenters. The van der Waals surface area contributed by atoms with E-state index in [1.54, 1.807) is 11.8 Å². The maximum absolute atomic E-state index is 11.9. The third kappa shape index (κ3) is 2.65. The van der Waals surface area contributed by atoms with Crippen molar-refractivity contribution in [2.45, 2.75) is 10.3 Å². The van der Waals surface area contributed by atoms with E-state index >= 15 is 0 Å². The molecule has 0 aliphatic carbocycles. The molecule has 3 nitrogen and oxygen atoms in total. The van der Waals surface area contributed by atoms with E-state index in [0.717, 1.165) is 22.8 Å². The molecule has 0 saturated carbocycles. The lowest BCUT2D eigenvalue weighted by Crippen LogP contribution is -2.14. The SMILES string of the molecule is O=C(CNc1cc2c([nH]1)C(Cl)CS2)c1ccccc1. The summed E-state index contributed by atoms with van der Waals surface area (Å²) in [5.41, 5.74) is 1.78. The van der Waals surface area contributed by atoms with Gasteiger partial charge in [-0.05, 0) is 6.07 Å². The molecule has 0 amide bonds. The van der Waals surface area contributed by atoms with E-state index in [4.69, 9.17) is 11.6 Å². The number of rotatable bonds is 4. The van der Waals surface area contributed by atoms with Crippen LogP contribution in [0.2, 0.25) is 0 Å². The fourth-order valence-corrected chi connectivity index (χ4v) is 3.52. The second-order valence-electron chi connectivity index (χ2n) is 4.38. The molecule has 0 fully saturated rings. The van der Waals surface area contributed by atoms with Crippen LogP contribution in [0.15, 0.2) is 41.3 Å². The van der Waals surface area contributed by atoms with Crippen LogP contribution in [0, 0.1) is 0 Å². The number of H-pyrrole nitrogens is 1. The van der Waals surface area contributed by atoms with Crippen molar-refractivity contribution in [2.24, 2.45) is 0 Å². The van der Waals surface area contributed by atoms with E-state index in [9.17, 15) is 4.79 Å². The number of halogens is 1. The number of thioether (sulfide) groups is 1. The van der Waals surface area contributed by atoms with Crippen LogP contribution in [0.1, 0.15) is 21.4 Å². The van der Waals surface area contributed by atoms with Crippen LogP contribution >= 0.6 is 23.4 Å². The summed E-state index contributed by atoms with van der Waals surface area (Å²) in [7, 11) is 0. The van der Waals surface area contributed by atoms with Gasteiger partial charge in [0.2, 0.25) is 0 Å². The average molecular weight is 293 g/mol. The van der Waals surface area contributed by atoms with Gasteiger partial charge in [-0.25, -0.2) is 0 Å². The maximum atomic E-state index is 11.9. The number of fused-ring (bicyclic) bond motifs is 1. The standard InChI is InChI=1S/C14H13ClN2OS/c15-10-8-19-12-6-13(17-14(10)12)16-7-11(18)9-4-2-1-3-5-9/h1-6,10,16-17H,7-8H2. The quantitative estimate of drug-likeness (QED) is 0.667. The van der Waals surface area contributed by atoms with Gasteiger partial charge in [0.15, 0.2) is 5.78 Å². The Balaban J connectivity index is 1.64. The van der Waals surface area contributed by atoms with Crippen molar-refractivity contribution in [1.29, 1.82) is 0 Å². The van der Waals surface area contributed by atoms with Crippen LogP contribution in [0.3, 0.4) is 0 Å². The first-order valence-electron chi connectivity index (χ1n) is 6.06. The van der Waals surface area contributed by atoms with Crippen molar-refractivity contribution in [1.82, 2.24) is 4.98 Å². The van der Waals surface area contributed by atoms with E-state index in [2.05, 4.69) is 10.3 Å². The Kier molecular flexibility index (Phi) is 3.53. The van der Waals surface area contributed by atoms with E-state index in [-0.39, 0.29) is 17.7 Å². The number of hydrogen-bond donors (Lipinski definition) is 2. The van der Waals surface area contributed by atoms with Crippen LogP contribution in [0.25, 0.3) is 0 Å². The normalized spacial score (nSPS) is 17.2. The topological polar surface area (TPSA) is 44.9 Å². The summed E-state index contributed by atoms with van der Waals surface area (Å²) in [4.78, 5) is 16.4. The molecule has 0 bridgehead atoms. The summed E-state index contributed by atoms with van der Waals surface area (Å²) < 4.78 is 0. The Morgan fingerprint density at radius 2 is 2.21 bits per heavy atom. The molecule has 1 aliphatic heterocycles. The maximum Gasteiger partial charge on any atom is 0.181 e. The number of aromatic amines is 1. The van der Waals surface area contributed by atoms with Crippen molar-refractivity contribution in [3.8, 4) is 0 Å². The highest BCUT2D eigenvalue weighted by Crippen LogP contribution is 2.42. The molecule has 2 N–H and O–H groups in total. The fourth-order valence-electron chi connectivity index (χ4n) is 2.05. The molecule has 0 radical (unpaired) electrons. The van der Waals surface area contributed by atoms with Gasteiger partial charge >= 0.3 is 0 Å². The molecule has 5 heteroatoms. The monoisotopic (exact) mass is 292 g/mol. The number of ketones is 1. The van der Waals surface area contributed by atoms with Gasteiger partial charge in [0.1, 0.15) is 5.82 Å². The summed E-state index contributed by atoms with van der Waals surface area (Å²) in [6.07, 6.45) is 0.